The maximum absolute atomic E-state index is 6.00. The van der Waals surface area contributed by atoms with Crippen molar-refractivity contribution < 1.29 is 0 Å². The van der Waals surface area contributed by atoms with Crippen molar-refractivity contribution in [2.45, 2.75) is 20.4 Å². The van der Waals surface area contributed by atoms with Crippen molar-refractivity contribution in [3.8, 4) is 0 Å². The van der Waals surface area contributed by atoms with Crippen LogP contribution < -0.4 is 5.32 Å². The molecule has 0 amide bonds. The summed E-state index contributed by atoms with van der Waals surface area (Å²) < 4.78 is 0. The Kier molecular flexibility index (Phi) is 6.25. The van der Waals surface area contributed by atoms with Gasteiger partial charge in [-0.1, -0.05) is 25.4 Å². The van der Waals surface area contributed by atoms with Crippen LogP contribution in [0.5, 0.6) is 0 Å². The Morgan fingerprint density at radius 2 is 2.13 bits per heavy atom. The lowest BCUT2D eigenvalue weighted by Gasteiger charge is -2.17. The molecule has 0 aliphatic carbocycles. The fourth-order valence-electron chi connectivity index (χ4n) is 1.43. The Morgan fingerprint density at radius 1 is 1.40 bits per heavy atom. The number of hydrogen-bond donors (Lipinski definition) is 1. The Balaban J connectivity index is 2.14. The van der Waals surface area contributed by atoms with E-state index in [1.165, 1.54) is 4.88 Å². The third kappa shape index (κ3) is 4.51. The third-order valence-electron chi connectivity index (χ3n) is 2.48. The van der Waals surface area contributed by atoms with Crippen molar-refractivity contribution in [1.82, 2.24) is 10.2 Å². The van der Waals surface area contributed by atoms with Crippen LogP contribution in [0.3, 0.4) is 0 Å². The van der Waals surface area contributed by atoms with Gasteiger partial charge >= 0.3 is 0 Å². The molecule has 15 heavy (non-hydrogen) atoms. The molecule has 0 aromatic carbocycles. The number of likely N-dealkylation sites (N-methyl/N-ethyl adjacent to an activating group) is 1. The molecule has 0 saturated heterocycles. The first kappa shape index (κ1) is 13.0. The van der Waals surface area contributed by atoms with Gasteiger partial charge in [-0.25, -0.2) is 0 Å². The molecule has 1 aromatic heterocycles. The van der Waals surface area contributed by atoms with Crippen molar-refractivity contribution >= 4 is 22.9 Å². The molecule has 1 N–H and O–H groups in total. The molecule has 4 heteroatoms. The molecule has 0 radical (unpaired) electrons. The SMILES string of the molecule is CCN(CC)CCNCc1sccc1Cl. The summed E-state index contributed by atoms with van der Waals surface area (Å²) in [6, 6.07) is 1.95. The van der Waals surface area contributed by atoms with Crippen LogP contribution >= 0.6 is 22.9 Å². The van der Waals surface area contributed by atoms with E-state index in [1.54, 1.807) is 11.3 Å². The highest BCUT2D eigenvalue weighted by atomic mass is 35.5. The quantitative estimate of drug-likeness (QED) is 0.745. The molecule has 0 atom stereocenters. The van der Waals surface area contributed by atoms with Crippen LogP contribution in [0.25, 0.3) is 0 Å². The summed E-state index contributed by atoms with van der Waals surface area (Å²) in [6.45, 7) is 9.65. The molecular weight excluding hydrogens is 228 g/mol. The average Bonchev–Trinajstić information content (AvgIpc) is 2.65. The van der Waals surface area contributed by atoms with Gasteiger partial charge in [0.1, 0.15) is 0 Å². The normalized spacial score (nSPS) is 11.2. The van der Waals surface area contributed by atoms with E-state index in [2.05, 4.69) is 24.1 Å². The second-order valence-electron chi connectivity index (χ2n) is 3.40. The zero-order chi connectivity index (χ0) is 11.1. The maximum atomic E-state index is 6.00. The van der Waals surface area contributed by atoms with E-state index >= 15 is 0 Å². The smallest absolute Gasteiger partial charge is 0.0558 e. The minimum absolute atomic E-state index is 0.885. The Labute approximate surface area is 101 Å². The van der Waals surface area contributed by atoms with Crippen molar-refractivity contribution in [3.05, 3.63) is 21.3 Å². The minimum atomic E-state index is 0.885. The summed E-state index contributed by atoms with van der Waals surface area (Å²) in [6.07, 6.45) is 0. The maximum Gasteiger partial charge on any atom is 0.0558 e. The van der Waals surface area contributed by atoms with Crippen LogP contribution in [0.4, 0.5) is 0 Å². The molecule has 1 heterocycles. The Bertz CT molecular complexity index is 271. The van der Waals surface area contributed by atoms with Gasteiger partial charge in [0, 0.05) is 24.5 Å². The van der Waals surface area contributed by atoms with Crippen molar-refractivity contribution in [1.29, 1.82) is 0 Å². The van der Waals surface area contributed by atoms with Crippen LogP contribution in [-0.2, 0) is 6.54 Å². The summed E-state index contributed by atoms with van der Waals surface area (Å²) in [4.78, 5) is 3.64. The summed E-state index contributed by atoms with van der Waals surface area (Å²) in [5.74, 6) is 0. The largest absolute Gasteiger partial charge is 0.311 e. The van der Waals surface area contributed by atoms with Gasteiger partial charge in [-0.2, -0.15) is 0 Å². The zero-order valence-corrected chi connectivity index (χ0v) is 11.0. The molecule has 1 aromatic rings. The number of nitrogens with zero attached hydrogens (tertiary/aromatic N) is 1. The Morgan fingerprint density at radius 3 is 2.67 bits per heavy atom. The van der Waals surface area contributed by atoms with Gasteiger partial charge in [0.2, 0.25) is 0 Å². The molecule has 0 unspecified atom stereocenters. The van der Waals surface area contributed by atoms with Crippen LogP contribution in [0.1, 0.15) is 18.7 Å². The van der Waals surface area contributed by atoms with Gasteiger partial charge in [0.15, 0.2) is 0 Å². The molecule has 0 spiro atoms. The zero-order valence-electron chi connectivity index (χ0n) is 9.42. The van der Waals surface area contributed by atoms with Gasteiger partial charge in [-0.15, -0.1) is 11.3 Å². The molecule has 0 fully saturated rings. The number of rotatable bonds is 7. The number of nitrogens with one attached hydrogen (secondary N) is 1. The molecule has 2 nitrogen and oxygen atoms in total. The lowest BCUT2D eigenvalue weighted by Crippen LogP contribution is -2.31. The highest BCUT2D eigenvalue weighted by molar-refractivity contribution is 7.10. The molecule has 86 valence electrons. The fourth-order valence-corrected chi connectivity index (χ4v) is 2.50. The number of hydrogen-bond acceptors (Lipinski definition) is 3. The summed E-state index contributed by atoms with van der Waals surface area (Å²) >= 11 is 7.71. The van der Waals surface area contributed by atoms with Gasteiger partial charge in [-0.05, 0) is 24.5 Å². The second-order valence-corrected chi connectivity index (χ2v) is 4.80. The van der Waals surface area contributed by atoms with Gasteiger partial charge < -0.3 is 10.2 Å². The highest BCUT2D eigenvalue weighted by Gasteiger charge is 2.01. The predicted octanol–water partition coefficient (Wildman–Crippen LogP) is 2.83. The van der Waals surface area contributed by atoms with Gasteiger partial charge in [-0.3, -0.25) is 0 Å². The monoisotopic (exact) mass is 246 g/mol. The summed E-state index contributed by atoms with van der Waals surface area (Å²) in [7, 11) is 0. The van der Waals surface area contributed by atoms with Crippen LogP contribution in [0.15, 0.2) is 11.4 Å². The molecule has 0 saturated carbocycles. The molecular formula is C11H19ClN2S. The van der Waals surface area contributed by atoms with E-state index in [0.717, 1.165) is 37.7 Å². The van der Waals surface area contributed by atoms with E-state index < -0.39 is 0 Å². The van der Waals surface area contributed by atoms with E-state index in [4.69, 9.17) is 11.6 Å². The van der Waals surface area contributed by atoms with Crippen molar-refractivity contribution in [2.24, 2.45) is 0 Å². The highest BCUT2D eigenvalue weighted by Crippen LogP contribution is 2.21. The summed E-state index contributed by atoms with van der Waals surface area (Å²) in [5, 5.41) is 6.33. The first-order valence-electron chi connectivity index (χ1n) is 5.42. The minimum Gasteiger partial charge on any atom is -0.311 e. The van der Waals surface area contributed by atoms with E-state index in [1.807, 2.05) is 11.4 Å². The van der Waals surface area contributed by atoms with Crippen molar-refractivity contribution in [3.63, 3.8) is 0 Å². The lowest BCUT2D eigenvalue weighted by molar-refractivity contribution is 0.302. The van der Waals surface area contributed by atoms with E-state index in [9.17, 15) is 0 Å². The average molecular weight is 247 g/mol. The number of halogens is 1. The number of thiophene rings is 1. The fraction of sp³-hybridized carbons (Fsp3) is 0.636. The Hall–Kier alpha value is -0.0900. The topological polar surface area (TPSA) is 15.3 Å². The molecule has 0 aliphatic heterocycles. The van der Waals surface area contributed by atoms with E-state index in [0.29, 0.717) is 0 Å². The van der Waals surface area contributed by atoms with Crippen LogP contribution in [-0.4, -0.2) is 31.1 Å². The second kappa shape index (κ2) is 7.23. The van der Waals surface area contributed by atoms with Crippen LogP contribution in [0, 0.1) is 0 Å². The lowest BCUT2D eigenvalue weighted by atomic mass is 10.4. The van der Waals surface area contributed by atoms with Crippen molar-refractivity contribution in [2.75, 3.05) is 26.2 Å². The first-order valence-corrected chi connectivity index (χ1v) is 6.68. The summed E-state index contributed by atoms with van der Waals surface area (Å²) in [5.41, 5.74) is 0. The van der Waals surface area contributed by atoms with Gasteiger partial charge in [0.25, 0.3) is 0 Å². The van der Waals surface area contributed by atoms with E-state index in [-0.39, 0.29) is 0 Å². The molecule has 0 aliphatic rings. The molecule has 0 bridgehead atoms. The molecule has 1 rings (SSSR count). The first-order chi connectivity index (χ1) is 7.27. The van der Waals surface area contributed by atoms with Gasteiger partial charge in [0.05, 0.1) is 5.02 Å². The predicted molar refractivity (Wildman–Crippen MR) is 68.8 cm³/mol. The van der Waals surface area contributed by atoms with Crippen LogP contribution in [0.2, 0.25) is 5.02 Å². The third-order valence-corrected chi connectivity index (χ3v) is 3.86. The standard InChI is InChI=1S/C11H19ClN2S/c1-3-14(4-2)7-6-13-9-11-10(12)5-8-15-11/h5,8,13H,3-4,6-7,9H2,1-2H3.